The quantitative estimate of drug-likeness (QED) is 0.740. The number of methoxy groups -OCH3 is 2. The van der Waals surface area contributed by atoms with E-state index < -0.39 is 11.4 Å². The van der Waals surface area contributed by atoms with Gasteiger partial charge in [0.1, 0.15) is 5.60 Å². The van der Waals surface area contributed by atoms with Crippen molar-refractivity contribution >= 4 is 11.6 Å². The molecular formula is C14H21ClO3. The molecule has 4 heteroatoms. The van der Waals surface area contributed by atoms with Crippen LogP contribution in [0.15, 0.2) is 24.3 Å². The summed E-state index contributed by atoms with van der Waals surface area (Å²) < 4.78 is 16.7. The van der Waals surface area contributed by atoms with Crippen LogP contribution in [-0.2, 0) is 20.8 Å². The van der Waals surface area contributed by atoms with Crippen molar-refractivity contribution in [2.75, 3.05) is 14.2 Å². The number of halogens is 1. The van der Waals surface area contributed by atoms with Crippen LogP contribution in [0.4, 0.5) is 0 Å². The molecule has 0 spiro atoms. The second-order valence-electron chi connectivity index (χ2n) is 4.78. The molecule has 0 saturated heterocycles. The van der Waals surface area contributed by atoms with E-state index in [0.717, 1.165) is 10.6 Å². The summed E-state index contributed by atoms with van der Waals surface area (Å²) in [6.45, 7) is 6.22. The molecule has 3 nitrogen and oxygen atoms in total. The Labute approximate surface area is 114 Å². The van der Waals surface area contributed by atoms with Crippen LogP contribution < -0.4 is 0 Å². The highest BCUT2D eigenvalue weighted by atomic mass is 35.5. The minimum Gasteiger partial charge on any atom is -0.365 e. The lowest BCUT2D eigenvalue weighted by molar-refractivity contribution is -0.296. The van der Waals surface area contributed by atoms with Gasteiger partial charge in [0.2, 0.25) is 0 Å². The van der Waals surface area contributed by atoms with Crippen LogP contribution in [0.25, 0.3) is 0 Å². The Hall–Kier alpha value is -0.610. The van der Waals surface area contributed by atoms with Gasteiger partial charge in [0.25, 0.3) is 0 Å². The fraction of sp³-hybridized carbons (Fsp3) is 0.571. The number of hydrogen-bond acceptors (Lipinski definition) is 3. The van der Waals surface area contributed by atoms with E-state index >= 15 is 0 Å². The van der Waals surface area contributed by atoms with Gasteiger partial charge in [0, 0.05) is 19.2 Å². The zero-order chi connectivity index (χ0) is 13.8. The Balaban J connectivity index is 2.69. The molecule has 0 aliphatic carbocycles. The van der Waals surface area contributed by atoms with Crippen molar-refractivity contribution in [3.05, 3.63) is 34.9 Å². The molecule has 0 heterocycles. The highest BCUT2D eigenvalue weighted by Crippen LogP contribution is 2.30. The maximum absolute atomic E-state index is 5.91. The van der Waals surface area contributed by atoms with E-state index in [0.29, 0.717) is 6.61 Å². The summed E-state index contributed by atoms with van der Waals surface area (Å²) in [7, 11) is 3.22. The molecule has 1 rings (SSSR count). The van der Waals surface area contributed by atoms with Gasteiger partial charge in [-0.3, -0.25) is 0 Å². The summed E-state index contributed by atoms with van der Waals surface area (Å²) in [5, 5.41) is 0.719. The molecule has 0 N–H and O–H groups in total. The molecule has 0 aromatic heterocycles. The Morgan fingerprint density at radius 1 is 1.00 bits per heavy atom. The molecule has 18 heavy (non-hydrogen) atoms. The van der Waals surface area contributed by atoms with Crippen LogP contribution in [-0.4, -0.2) is 25.6 Å². The lowest BCUT2D eigenvalue weighted by Gasteiger charge is -2.41. The van der Waals surface area contributed by atoms with E-state index in [-0.39, 0.29) is 0 Å². The van der Waals surface area contributed by atoms with Gasteiger partial charge >= 0.3 is 0 Å². The first-order valence-electron chi connectivity index (χ1n) is 5.83. The number of ether oxygens (including phenoxy) is 3. The van der Waals surface area contributed by atoms with Gasteiger partial charge in [-0.1, -0.05) is 23.7 Å². The molecule has 0 aliphatic rings. The van der Waals surface area contributed by atoms with Gasteiger partial charge in [-0.25, -0.2) is 0 Å². The maximum Gasteiger partial charge on any atom is 0.193 e. The molecule has 0 fully saturated rings. The smallest absolute Gasteiger partial charge is 0.193 e. The molecule has 0 radical (unpaired) electrons. The third kappa shape index (κ3) is 3.45. The van der Waals surface area contributed by atoms with E-state index in [9.17, 15) is 0 Å². The molecule has 0 bridgehead atoms. The summed E-state index contributed by atoms with van der Waals surface area (Å²) in [4.78, 5) is 0. The molecule has 0 aliphatic heterocycles. The van der Waals surface area contributed by atoms with Gasteiger partial charge in [-0.2, -0.15) is 0 Å². The molecule has 102 valence electrons. The third-order valence-corrected chi connectivity index (χ3v) is 3.64. The fourth-order valence-electron chi connectivity index (χ4n) is 1.55. The number of hydrogen-bond donors (Lipinski definition) is 0. The van der Waals surface area contributed by atoms with Crippen molar-refractivity contribution in [1.29, 1.82) is 0 Å². The summed E-state index contributed by atoms with van der Waals surface area (Å²) >= 11 is 5.84. The van der Waals surface area contributed by atoms with Gasteiger partial charge in [0.15, 0.2) is 5.79 Å². The number of rotatable bonds is 6. The largest absolute Gasteiger partial charge is 0.365 e. The maximum atomic E-state index is 5.91. The van der Waals surface area contributed by atoms with Crippen LogP contribution in [0.2, 0.25) is 5.02 Å². The van der Waals surface area contributed by atoms with Crippen LogP contribution in [0.1, 0.15) is 26.3 Å². The monoisotopic (exact) mass is 272 g/mol. The zero-order valence-corrected chi connectivity index (χ0v) is 12.4. The SMILES string of the molecule is COC(C)(OC)C(C)(C)OCc1ccc(Cl)cc1. The van der Waals surface area contributed by atoms with Crippen molar-refractivity contribution in [2.45, 2.75) is 38.8 Å². The molecular weight excluding hydrogens is 252 g/mol. The topological polar surface area (TPSA) is 27.7 Å². The molecule has 1 aromatic carbocycles. The molecule has 0 amide bonds. The fourth-order valence-corrected chi connectivity index (χ4v) is 1.68. The summed E-state index contributed by atoms with van der Waals surface area (Å²) in [6.07, 6.45) is 0. The van der Waals surface area contributed by atoms with Gasteiger partial charge in [-0.15, -0.1) is 0 Å². The van der Waals surface area contributed by atoms with Gasteiger partial charge in [-0.05, 0) is 38.5 Å². The van der Waals surface area contributed by atoms with Crippen molar-refractivity contribution in [1.82, 2.24) is 0 Å². The summed E-state index contributed by atoms with van der Waals surface area (Å²) in [6, 6.07) is 7.57. The zero-order valence-electron chi connectivity index (χ0n) is 11.6. The van der Waals surface area contributed by atoms with E-state index in [1.165, 1.54) is 0 Å². The predicted octanol–water partition coefficient (Wildman–Crippen LogP) is 3.64. The normalized spacial score (nSPS) is 12.8. The second-order valence-corrected chi connectivity index (χ2v) is 5.22. The highest BCUT2D eigenvalue weighted by molar-refractivity contribution is 6.30. The van der Waals surface area contributed by atoms with Crippen LogP contribution in [0.3, 0.4) is 0 Å². The van der Waals surface area contributed by atoms with Gasteiger partial charge in [0.05, 0.1) is 6.61 Å². The van der Waals surface area contributed by atoms with Crippen LogP contribution in [0, 0.1) is 0 Å². The molecule has 0 atom stereocenters. The first kappa shape index (κ1) is 15.4. The van der Waals surface area contributed by atoms with Gasteiger partial charge < -0.3 is 14.2 Å². The Bertz CT molecular complexity index is 369. The Kier molecular flexibility index (Phi) is 5.17. The van der Waals surface area contributed by atoms with Crippen LogP contribution >= 0.6 is 11.6 Å². The average Bonchev–Trinajstić information content (AvgIpc) is 2.37. The summed E-state index contributed by atoms with van der Waals surface area (Å²) in [5.74, 6) is -0.792. The predicted molar refractivity (Wildman–Crippen MR) is 72.7 cm³/mol. The lowest BCUT2D eigenvalue weighted by atomic mass is 9.98. The van der Waals surface area contributed by atoms with Crippen molar-refractivity contribution in [3.63, 3.8) is 0 Å². The molecule has 0 unspecified atom stereocenters. The molecule has 0 saturated carbocycles. The van der Waals surface area contributed by atoms with Crippen LogP contribution in [0.5, 0.6) is 0 Å². The van der Waals surface area contributed by atoms with E-state index in [2.05, 4.69) is 0 Å². The van der Waals surface area contributed by atoms with Crippen molar-refractivity contribution in [3.8, 4) is 0 Å². The van der Waals surface area contributed by atoms with E-state index in [4.69, 9.17) is 25.8 Å². The highest BCUT2D eigenvalue weighted by Gasteiger charge is 2.43. The van der Waals surface area contributed by atoms with Crippen molar-refractivity contribution < 1.29 is 14.2 Å². The first-order chi connectivity index (χ1) is 8.34. The second kappa shape index (κ2) is 6.02. The first-order valence-corrected chi connectivity index (χ1v) is 6.21. The van der Waals surface area contributed by atoms with E-state index in [1.54, 1.807) is 14.2 Å². The molecule has 1 aromatic rings. The average molecular weight is 273 g/mol. The minimum atomic E-state index is -0.792. The Morgan fingerprint density at radius 3 is 1.94 bits per heavy atom. The summed E-state index contributed by atoms with van der Waals surface area (Å²) in [5.41, 5.74) is 0.484. The van der Waals surface area contributed by atoms with E-state index in [1.807, 2.05) is 45.0 Å². The number of benzene rings is 1. The minimum absolute atomic E-state index is 0.479. The third-order valence-electron chi connectivity index (χ3n) is 3.39. The lowest BCUT2D eigenvalue weighted by Crippen LogP contribution is -2.52. The van der Waals surface area contributed by atoms with Crippen molar-refractivity contribution in [2.24, 2.45) is 0 Å². The standard InChI is InChI=1S/C14H21ClO3/c1-13(2,14(3,16-4)17-5)18-10-11-6-8-12(15)9-7-11/h6-9H,10H2,1-5H3. The Morgan fingerprint density at radius 2 is 1.50 bits per heavy atom.